The third kappa shape index (κ3) is 3.84. The number of hydrogen-bond donors (Lipinski definition) is 1. The Morgan fingerprint density at radius 3 is 3.09 bits per heavy atom. The fourth-order valence-electron chi connectivity index (χ4n) is 2.25. The van der Waals surface area contributed by atoms with Crippen LogP contribution in [0.1, 0.15) is 25.7 Å². The van der Waals surface area contributed by atoms with E-state index in [0.717, 1.165) is 12.8 Å². The van der Waals surface area contributed by atoms with Gasteiger partial charge in [0, 0.05) is 24.4 Å². The van der Waals surface area contributed by atoms with Crippen molar-refractivity contribution < 1.29 is 18.8 Å². The first-order valence-electron chi connectivity index (χ1n) is 7.57. The van der Waals surface area contributed by atoms with E-state index in [1.54, 1.807) is 18.3 Å². The SMILES string of the molecule is CCOc1ccc(-c2noc(CNC(=O)[C@@H]3CCCO3)n2)cn1. The van der Waals surface area contributed by atoms with Gasteiger partial charge < -0.3 is 19.3 Å². The van der Waals surface area contributed by atoms with Crippen molar-refractivity contribution in [3.05, 3.63) is 24.2 Å². The normalized spacial score (nSPS) is 17.2. The lowest BCUT2D eigenvalue weighted by atomic mass is 10.2. The second kappa shape index (κ2) is 7.19. The molecule has 1 N–H and O–H groups in total. The van der Waals surface area contributed by atoms with Gasteiger partial charge in [0.05, 0.1) is 13.2 Å². The molecule has 0 unspecified atom stereocenters. The molecular formula is C15H18N4O4. The van der Waals surface area contributed by atoms with E-state index < -0.39 is 0 Å². The molecule has 23 heavy (non-hydrogen) atoms. The zero-order valence-corrected chi connectivity index (χ0v) is 12.8. The molecule has 0 saturated carbocycles. The molecule has 1 amide bonds. The lowest BCUT2D eigenvalue weighted by Gasteiger charge is -2.08. The number of aromatic nitrogens is 3. The highest BCUT2D eigenvalue weighted by molar-refractivity contribution is 5.80. The van der Waals surface area contributed by atoms with Crippen LogP contribution in [0.4, 0.5) is 0 Å². The number of amides is 1. The van der Waals surface area contributed by atoms with Crippen molar-refractivity contribution in [2.75, 3.05) is 13.2 Å². The van der Waals surface area contributed by atoms with Gasteiger partial charge >= 0.3 is 0 Å². The Bertz CT molecular complexity index is 650. The summed E-state index contributed by atoms with van der Waals surface area (Å²) in [5.74, 6) is 1.15. The van der Waals surface area contributed by atoms with Crippen molar-refractivity contribution in [3.63, 3.8) is 0 Å². The Labute approximate surface area is 133 Å². The summed E-state index contributed by atoms with van der Waals surface area (Å²) in [6, 6.07) is 3.55. The Hall–Kier alpha value is -2.48. The number of nitrogens with zero attached hydrogens (tertiary/aromatic N) is 3. The van der Waals surface area contributed by atoms with Crippen LogP contribution in [-0.4, -0.2) is 40.3 Å². The third-order valence-electron chi connectivity index (χ3n) is 3.39. The zero-order valence-electron chi connectivity index (χ0n) is 12.8. The number of hydrogen-bond acceptors (Lipinski definition) is 7. The Balaban J connectivity index is 1.58. The molecule has 2 aromatic heterocycles. The quantitative estimate of drug-likeness (QED) is 0.857. The van der Waals surface area contributed by atoms with E-state index in [4.69, 9.17) is 14.0 Å². The highest BCUT2D eigenvalue weighted by atomic mass is 16.5. The maximum Gasteiger partial charge on any atom is 0.249 e. The molecule has 1 aliphatic rings. The molecule has 1 atom stereocenters. The van der Waals surface area contributed by atoms with Gasteiger partial charge in [0.25, 0.3) is 0 Å². The highest BCUT2D eigenvalue weighted by Crippen LogP contribution is 2.17. The molecule has 122 valence electrons. The van der Waals surface area contributed by atoms with E-state index in [1.165, 1.54) is 0 Å². The molecule has 8 heteroatoms. The first kappa shape index (κ1) is 15.4. The van der Waals surface area contributed by atoms with Crippen LogP contribution in [0, 0.1) is 0 Å². The molecule has 0 radical (unpaired) electrons. The van der Waals surface area contributed by atoms with Crippen molar-refractivity contribution in [1.82, 2.24) is 20.4 Å². The maximum absolute atomic E-state index is 11.8. The molecule has 3 heterocycles. The first-order valence-corrected chi connectivity index (χ1v) is 7.57. The maximum atomic E-state index is 11.8. The van der Waals surface area contributed by atoms with Gasteiger partial charge in [-0.25, -0.2) is 4.98 Å². The average molecular weight is 318 g/mol. The highest BCUT2D eigenvalue weighted by Gasteiger charge is 2.23. The number of carbonyl (C=O) groups is 1. The minimum Gasteiger partial charge on any atom is -0.478 e. The Morgan fingerprint density at radius 2 is 2.39 bits per heavy atom. The number of rotatable bonds is 6. The predicted molar refractivity (Wildman–Crippen MR) is 79.5 cm³/mol. The van der Waals surface area contributed by atoms with Gasteiger partial charge in [-0.3, -0.25) is 4.79 Å². The zero-order chi connectivity index (χ0) is 16.1. The molecule has 3 rings (SSSR count). The minimum atomic E-state index is -0.368. The number of pyridine rings is 1. The van der Waals surface area contributed by atoms with Crippen LogP contribution in [0.3, 0.4) is 0 Å². The van der Waals surface area contributed by atoms with Crippen molar-refractivity contribution in [2.24, 2.45) is 0 Å². The molecule has 0 aliphatic carbocycles. The van der Waals surface area contributed by atoms with Gasteiger partial charge in [0.2, 0.25) is 23.5 Å². The Kier molecular flexibility index (Phi) is 4.82. The molecule has 8 nitrogen and oxygen atoms in total. The van der Waals surface area contributed by atoms with Crippen LogP contribution in [-0.2, 0) is 16.1 Å². The van der Waals surface area contributed by atoms with Crippen molar-refractivity contribution >= 4 is 5.91 Å². The van der Waals surface area contributed by atoms with Crippen LogP contribution < -0.4 is 10.1 Å². The van der Waals surface area contributed by atoms with E-state index in [9.17, 15) is 4.79 Å². The van der Waals surface area contributed by atoms with Crippen LogP contribution in [0.15, 0.2) is 22.9 Å². The third-order valence-corrected chi connectivity index (χ3v) is 3.39. The van der Waals surface area contributed by atoms with Crippen LogP contribution in [0.25, 0.3) is 11.4 Å². The molecule has 1 saturated heterocycles. The van der Waals surface area contributed by atoms with Gasteiger partial charge in [-0.1, -0.05) is 5.16 Å². The lowest BCUT2D eigenvalue weighted by molar-refractivity contribution is -0.130. The van der Waals surface area contributed by atoms with E-state index in [-0.39, 0.29) is 18.6 Å². The van der Waals surface area contributed by atoms with Crippen molar-refractivity contribution in [3.8, 4) is 17.3 Å². The summed E-state index contributed by atoms with van der Waals surface area (Å²) in [7, 11) is 0. The summed E-state index contributed by atoms with van der Waals surface area (Å²) < 4.78 is 15.7. The second-order valence-electron chi connectivity index (χ2n) is 5.05. The fourth-order valence-corrected chi connectivity index (χ4v) is 2.25. The fraction of sp³-hybridized carbons (Fsp3) is 0.467. The molecular weight excluding hydrogens is 300 g/mol. The molecule has 0 aromatic carbocycles. The van der Waals surface area contributed by atoms with Crippen LogP contribution in [0.2, 0.25) is 0 Å². The second-order valence-corrected chi connectivity index (χ2v) is 5.05. The summed E-state index contributed by atoms with van der Waals surface area (Å²) in [4.78, 5) is 20.2. The lowest BCUT2D eigenvalue weighted by Crippen LogP contribution is -2.33. The Morgan fingerprint density at radius 1 is 1.48 bits per heavy atom. The molecule has 1 fully saturated rings. The summed E-state index contributed by atoms with van der Waals surface area (Å²) in [5.41, 5.74) is 0.717. The molecule has 1 aliphatic heterocycles. The first-order chi connectivity index (χ1) is 11.3. The predicted octanol–water partition coefficient (Wildman–Crippen LogP) is 1.33. The summed E-state index contributed by atoms with van der Waals surface area (Å²) in [6.45, 7) is 3.26. The molecule has 2 aromatic rings. The number of carbonyl (C=O) groups excluding carboxylic acids is 1. The van der Waals surface area contributed by atoms with Gasteiger partial charge in [0.15, 0.2) is 0 Å². The topological polar surface area (TPSA) is 99.4 Å². The van der Waals surface area contributed by atoms with Crippen molar-refractivity contribution in [1.29, 1.82) is 0 Å². The summed E-state index contributed by atoms with van der Waals surface area (Å²) in [5, 5.41) is 6.62. The minimum absolute atomic E-state index is 0.148. The number of nitrogens with one attached hydrogen (secondary N) is 1. The van der Waals surface area contributed by atoms with Crippen molar-refractivity contribution in [2.45, 2.75) is 32.4 Å². The number of ether oxygens (including phenoxy) is 2. The van der Waals surface area contributed by atoms with E-state index in [0.29, 0.717) is 36.4 Å². The van der Waals surface area contributed by atoms with E-state index >= 15 is 0 Å². The van der Waals surface area contributed by atoms with Gasteiger partial charge in [-0.15, -0.1) is 0 Å². The van der Waals surface area contributed by atoms with Crippen LogP contribution in [0.5, 0.6) is 5.88 Å². The van der Waals surface area contributed by atoms with Gasteiger partial charge in [-0.05, 0) is 25.8 Å². The largest absolute Gasteiger partial charge is 0.478 e. The smallest absolute Gasteiger partial charge is 0.249 e. The summed E-state index contributed by atoms with van der Waals surface area (Å²) >= 11 is 0. The molecule has 0 bridgehead atoms. The van der Waals surface area contributed by atoms with E-state index in [2.05, 4.69) is 20.4 Å². The van der Waals surface area contributed by atoms with Gasteiger partial charge in [-0.2, -0.15) is 4.98 Å². The van der Waals surface area contributed by atoms with E-state index in [1.807, 2.05) is 6.92 Å². The standard InChI is InChI=1S/C15H18N4O4/c1-2-21-12-6-5-10(8-16-12)14-18-13(23-19-14)9-17-15(20)11-4-3-7-22-11/h5-6,8,11H,2-4,7,9H2,1H3,(H,17,20)/t11-/m0/s1. The monoisotopic (exact) mass is 318 g/mol. The molecule has 0 spiro atoms. The average Bonchev–Trinajstić information content (AvgIpc) is 3.25. The van der Waals surface area contributed by atoms with Gasteiger partial charge in [0.1, 0.15) is 6.10 Å². The summed E-state index contributed by atoms with van der Waals surface area (Å²) in [6.07, 6.45) is 2.91. The van der Waals surface area contributed by atoms with Crippen LogP contribution >= 0.6 is 0 Å².